The van der Waals surface area contributed by atoms with Crippen molar-refractivity contribution >= 4 is 16.9 Å². The number of fused-ring (bicyclic) bond motifs is 1. The number of para-hydroxylation sites is 2. The van der Waals surface area contributed by atoms with Gasteiger partial charge in [-0.2, -0.15) is 0 Å². The van der Waals surface area contributed by atoms with Gasteiger partial charge in [0.05, 0.1) is 28.5 Å². The van der Waals surface area contributed by atoms with Crippen LogP contribution in [0.15, 0.2) is 48.5 Å². The van der Waals surface area contributed by atoms with Crippen molar-refractivity contribution in [3.8, 4) is 5.69 Å². The summed E-state index contributed by atoms with van der Waals surface area (Å²) in [5.41, 5.74) is 5.09. The number of benzene rings is 2. The number of aryl methyl sites for hydroxylation is 1. The van der Waals surface area contributed by atoms with E-state index in [1.54, 1.807) is 4.68 Å². The summed E-state index contributed by atoms with van der Waals surface area (Å²) in [5, 5.41) is 8.48. The molecule has 7 nitrogen and oxygen atoms in total. The predicted octanol–water partition coefficient (Wildman–Crippen LogP) is 3.74. The number of rotatable bonds is 3. The topological polar surface area (TPSA) is 79.7 Å². The molecule has 146 valence electrons. The van der Waals surface area contributed by atoms with Gasteiger partial charge < -0.3 is 9.88 Å². The van der Waals surface area contributed by atoms with Crippen LogP contribution in [0.25, 0.3) is 16.7 Å². The minimum Gasteiger partial charge on any atom is -0.340 e. The minimum atomic E-state index is -0.0932. The number of amides is 1. The quantitative estimate of drug-likeness (QED) is 0.582. The standard InChI is InChI=1S/C22H22N6O/c1-14-7-5-8-16(13-14)28-15(2)20(25-26-28)22(29)27-12-6-11-19(27)21-23-17-9-3-4-10-18(17)24-21/h3-5,7-10,13,19H,6,11-12H2,1-2H3,(H,23,24). The molecule has 29 heavy (non-hydrogen) atoms. The van der Waals surface area contributed by atoms with Crippen molar-refractivity contribution in [3.63, 3.8) is 0 Å². The molecule has 7 heteroatoms. The number of nitrogens with one attached hydrogen (secondary N) is 1. The molecular formula is C22H22N6O. The number of carbonyl (C=O) groups excluding carboxylic acids is 1. The van der Waals surface area contributed by atoms with Crippen molar-refractivity contribution in [2.24, 2.45) is 0 Å². The number of H-pyrrole nitrogens is 1. The highest BCUT2D eigenvalue weighted by Crippen LogP contribution is 2.33. The highest BCUT2D eigenvalue weighted by molar-refractivity contribution is 5.94. The molecule has 2 aromatic carbocycles. The van der Waals surface area contributed by atoms with Gasteiger partial charge in [0.15, 0.2) is 5.69 Å². The molecule has 2 aromatic heterocycles. The molecule has 1 fully saturated rings. The molecule has 1 atom stereocenters. The zero-order chi connectivity index (χ0) is 20.0. The van der Waals surface area contributed by atoms with E-state index in [1.165, 1.54) is 0 Å². The molecule has 1 amide bonds. The van der Waals surface area contributed by atoms with Gasteiger partial charge in [-0.05, 0) is 56.5 Å². The van der Waals surface area contributed by atoms with Crippen molar-refractivity contribution in [2.75, 3.05) is 6.54 Å². The molecule has 4 aromatic rings. The zero-order valence-electron chi connectivity index (χ0n) is 16.5. The SMILES string of the molecule is Cc1cccc(-n2nnc(C(=O)N3CCCC3c3nc4ccccc4[nH]3)c2C)c1. The monoisotopic (exact) mass is 386 g/mol. The summed E-state index contributed by atoms with van der Waals surface area (Å²) >= 11 is 0. The Morgan fingerprint density at radius 2 is 2.00 bits per heavy atom. The Hall–Kier alpha value is -3.48. The van der Waals surface area contributed by atoms with Crippen LogP contribution in [0.5, 0.6) is 0 Å². The second-order valence-electron chi connectivity index (χ2n) is 7.57. The maximum Gasteiger partial charge on any atom is 0.276 e. The lowest BCUT2D eigenvalue weighted by atomic mass is 10.2. The highest BCUT2D eigenvalue weighted by atomic mass is 16.2. The molecule has 3 heterocycles. The summed E-state index contributed by atoms with van der Waals surface area (Å²) in [7, 11) is 0. The van der Waals surface area contributed by atoms with E-state index in [-0.39, 0.29) is 11.9 Å². The van der Waals surface area contributed by atoms with Crippen LogP contribution in [0.1, 0.15) is 46.5 Å². The maximum atomic E-state index is 13.3. The molecule has 0 bridgehead atoms. The second-order valence-corrected chi connectivity index (χ2v) is 7.57. The third-order valence-electron chi connectivity index (χ3n) is 5.58. The van der Waals surface area contributed by atoms with Crippen molar-refractivity contribution in [2.45, 2.75) is 32.7 Å². The Labute approximate surface area is 168 Å². The Kier molecular flexibility index (Phi) is 4.16. The van der Waals surface area contributed by atoms with E-state index in [4.69, 9.17) is 4.98 Å². The lowest BCUT2D eigenvalue weighted by Gasteiger charge is -2.22. The zero-order valence-corrected chi connectivity index (χ0v) is 16.5. The fraction of sp³-hybridized carbons (Fsp3) is 0.273. The average Bonchev–Trinajstić information content (AvgIpc) is 3.44. The van der Waals surface area contributed by atoms with Crippen LogP contribution in [-0.2, 0) is 0 Å². The summed E-state index contributed by atoms with van der Waals surface area (Å²) < 4.78 is 1.73. The van der Waals surface area contributed by atoms with Crippen LogP contribution in [0, 0.1) is 13.8 Å². The summed E-state index contributed by atoms with van der Waals surface area (Å²) in [6.45, 7) is 4.61. The molecule has 0 radical (unpaired) electrons. The first-order chi connectivity index (χ1) is 14.1. The van der Waals surface area contributed by atoms with Gasteiger partial charge >= 0.3 is 0 Å². The van der Waals surface area contributed by atoms with Crippen LogP contribution in [0.2, 0.25) is 0 Å². The van der Waals surface area contributed by atoms with Crippen LogP contribution < -0.4 is 0 Å². The number of hydrogen-bond acceptors (Lipinski definition) is 4. The number of imidazole rings is 1. The molecular weight excluding hydrogens is 364 g/mol. The number of carbonyl (C=O) groups is 1. The van der Waals surface area contributed by atoms with E-state index in [0.29, 0.717) is 12.2 Å². The van der Waals surface area contributed by atoms with E-state index < -0.39 is 0 Å². The lowest BCUT2D eigenvalue weighted by Crippen LogP contribution is -2.32. The molecule has 5 rings (SSSR count). The third-order valence-corrected chi connectivity index (χ3v) is 5.58. The Bertz CT molecular complexity index is 1170. The first-order valence-corrected chi connectivity index (χ1v) is 9.87. The Morgan fingerprint density at radius 1 is 1.14 bits per heavy atom. The number of aromatic nitrogens is 5. The van der Waals surface area contributed by atoms with Gasteiger partial charge in [-0.25, -0.2) is 9.67 Å². The molecule has 0 aliphatic carbocycles. The molecule has 1 aliphatic heterocycles. The van der Waals surface area contributed by atoms with E-state index in [2.05, 4.69) is 15.3 Å². The summed E-state index contributed by atoms with van der Waals surface area (Å²) in [6.07, 6.45) is 1.83. The van der Waals surface area contributed by atoms with E-state index in [0.717, 1.165) is 46.6 Å². The number of nitrogens with zero attached hydrogens (tertiary/aromatic N) is 5. The number of hydrogen-bond donors (Lipinski definition) is 1. The first-order valence-electron chi connectivity index (χ1n) is 9.87. The lowest BCUT2D eigenvalue weighted by molar-refractivity contribution is 0.0723. The van der Waals surface area contributed by atoms with Gasteiger partial charge in [0.2, 0.25) is 0 Å². The summed E-state index contributed by atoms with van der Waals surface area (Å²) in [4.78, 5) is 23.3. The number of aromatic amines is 1. The van der Waals surface area contributed by atoms with Gasteiger partial charge in [0, 0.05) is 6.54 Å². The second kappa shape index (κ2) is 6.84. The van der Waals surface area contributed by atoms with Gasteiger partial charge in [-0.1, -0.05) is 29.5 Å². The predicted molar refractivity (Wildman–Crippen MR) is 110 cm³/mol. The van der Waals surface area contributed by atoms with Gasteiger partial charge in [0.1, 0.15) is 5.82 Å². The van der Waals surface area contributed by atoms with Gasteiger partial charge in [0.25, 0.3) is 5.91 Å². The van der Waals surface area contributed by atoms with Crippen molar-refractivity contribution in [1.82, 2.24) is 29.9 Å². The number of likely N-dealkylation sites (tertiary alicyclic amines) is 1. The molecule has 1 N–H and O–H groups in total. The van der Waals surface area contributed by atoms with Crippen molar-refractivity contribution in [1.29, 1.82) is 0 Å². The maximum absolute atomic E-state index is 13.3. The van der Waals surface area contributed by atoms with Gasteiger partial charge in [-0.15, -0.1) is 5.10 Å². The van der Waals surface area contributed by atoms with Crippen molar-refractivity contribution in [3.05, 3.63) is 71.3 Å². The molecule has 1 unspecified atom stereocenters. The molecule has 1 saturated heterocycles. The van der Waals surface area contributed by atoms with Gasteiger partial charge in [-0.3, -0.25) is 4.79 Å². The highest BCUT2D eigenvalue weighted by Gasteiger charge is 2.35. The van der Waals surface area contributed by atoms with Crippen LogP contribution in [0.4, 0.5) is 0 Å². The summed E-state index contributed by atoms with van der Waals surface area (Å²) in [6, 6.07) is 15.9. The fourth-order valence-corrected chi connectivity index (χ4v) is 4.09. The van der Waals surface area contributed by atoms with Crippen molar-refractivity contribution < 1.29 is 4.79 Å². The summed E-state index contributed by atoms with van der Waals surface area (Å²) in [5.74, 6) is 0.741. The molecule has 0 spiro atoms. The Morgan fingerprint density at radius 3 is 2.83 bits per heavy atom. The van der Waals surface area contributed by atoms with E-state index in [1.807, 2.05) is 67.3 Å². The third kappa shape index (κ3) is 2.99. The molecule has 0 saturated carbocycles. The Balaban J connectivity index is 1.47. The first kappa shape index (κ1) is 17.6. The minimum absolute atomic E-state index is 0.0709. The van der Waals surface area contributed by atoms with Crippen LogP contribution in [-0.4, -0.2) is 42.3 Å². The fourth-order valence-electron chi connectivity index (χ4n) is 4.09. The van der Waals surface area contributed by atoms with E-state index >= 15 is 0 Å². The van der Waals surface area contributed by atoms with Crippen LogP contribution >= 0.6 is 0 Å². The van der Waals surface area contributed by atoms with Crippen LogP contribution in [0.3, 0.4) is 0 Å². The smallest absolute Gasteiger partial charge is 0.276 e. The van der Waals surface area contributed by atoms with E-state index in [9.17, 15) is 4.79 Å². The average molecular weight is 386 g/mol. The largest absolute Gasteiger partial charge is 0.340 e. The molecule has 1 aliphatic rings. The normalized spacial score (nSPS) is 16.6.